The number of hydrogen-bond donors (Lipinski definition) is 1. The molecule has 2 heterocycles. The monoisotopic (exact) mass is 212 g/mol. The molecule has 0 atom stereocenters. The van der Waals surface area contributed by atoms with E-state index in [4.69, 9.17) is 15.2 Å². The largest absolute Gasteiger partial charge is 0.346 e. The van der Waals surface area contributed by atoms with Gasteiger partial charge in [-0.2, -0.15) is 0 Å². The number of carbonyl (C=O) groups excluding carboxylic acids is 1. The molecule has 5 heteroatoms. The highest BCUT2D eigenvalue weighted by molar-refractivity contribution is 5.89. The van der Waals surface area contributed by atoms with Gasteiger partial charge in [0.05, 0.1) is 25.3 Å². The molecule has 1 amide bonds. The predicted octanol–water partition coefficient (Wildman–Crippen LogP) is -0.547. The topological polar surface area (TPSA) is 64.8 Å². The lowest BCUT2D eigenvalue weighted by atomic mass is 10.2. The maximum absolute atomic E-state index is 12.0. The number of nitrogens with two attached hydrogens (primary N) is 1. The summed E-state index contributed by atoms with van der Waals surface area (Å²) in [6.07, 6.45) is 2.41. The normalized spacial score (nSPS) is 31.1. The maximum Gasteiger partial charge on any atom is 0.242 e. The van der Waals surface area contributed by atoms with E-state index in [1.54, 1.807) is 4.90 Å². The molecule has 0 radical (unpaired) electrons. The van der Waals surface area contributed by atoms with Crippen molar-refractivity contribution >= 4 is 5.91 Å². The second-order valence-corrected chi connectivity index (χ2v) is 4.74. The summed E-state index contributed by atoms with van der Waals surface area (Å²) in [5.74, 6) is -0.445. The molecule has 5 nitrogen and oxygen atoms in total. The van der Waals surface area contributed by atoms with Gasteiger partial charge in [0.1, 0.15) is 0 Å². The van der Waals surface area contributed by atoms with Gasteiger partial charge in [-0.15, -0.1) is 0 Å². The zero-order valence-corrected chi connectivity index (χ0v) is 8.70. The van der Waals surface area contributed by atoms with Gasteiger partial charge in [0.25, 0.3) is 0 Å². The summed E-state index contributed by atoms with van der Waals surface area (Å²) in [6, 6.07) is 0. The molecule has 2 saturated heterocycles. The smallest absolute Gasteiger partial charge is 0.242 e. The Bertz CT molecular complexity index is 295. The van der Waals surface area contributed by atoms with Crippen molar-refractivity contribution in [1.82, 2.24) is 4.90 Å². The van der Waals surface area contributed by atoms with Crippen molar-refractivity contribution in [1.29, 1.82) is 0 Å². The molecular formula is C10H16N2O3. The number of rotatable bonds is 1. The molecule has 84 valence electrons. The van der Waals surface area contributed by atoms with Crippen LogP contribution < -0.4 is 5.73 Å². The van der Waals surface area contributed by atoms with Crippen molar-refractivity contribution in [2.45, 2.75) is 30.6 Å². The highest BCUT2D eigenvalue weighted by Crippen LogP contribution is 2.38. The Kier molecular flexibility index (Phi) is 1.87. The van der Waals surface area contributed by atoms with E-state index < -0.39 is 11.3 Å². The molecule has 0 bridgehead atoms. The van der Waals surface area contributed by atoms with Crippen LogP contribution in [0.5, 0.6) is 0 Å². The quantitative estimate of drug-likeness (QED) is 0.633. The van der Waals surface area contributed by atoms with Crippen LogP contribution in [0.4, 0.5) is 0 Å². The van der Waals surface area contributed by atoms with E-state index in [9.17, 15) is 4.79 Å². The zero-order valence-electron chi connectivity index (χ0n) is 8.70. The fraction of sp³-hybridized carbons (Fsp3) is 0.900. The minimum absolute atomic E-state index is 0.0680. The molecule has 3 rings (SSSR count). The highest BCUT2D eigenvalue weighted by Gasteiger charge is 2.52. The van der Waals surface area contributed by atoms with Gasteiger partial charge in [-0.3, -0.25) is 4.79 Å². The van der Waals surface area contributed by atoms with Crippen LogP contribution in [0.1, 0.15) is 19.3 Å². The summed E-state index contributed by atoms with van der Waals surface area (Å²) >= 11 is 0. The Morgan fingerprint density at radius 1 is 1.20 bits per heavy atom. The van der Waals surface area contributed by atoms with Crippen LogP contribution in [0.15, 0.2) is 0 Å². The lowest BCUT2D eigenvalue weighted by molar-refractivity contribution is -0.153. The van der Waals surface area contributed by atoms with E-state index in [0.29, 0.717) is 26.3 Å². The van der Waals surface area contributed by atoms with Crippen LogP contribution >= 0.6 is 0 Å². The third-order valence-electron chi connectivity index (χ3n) is 3.51. The third kappa shape index (κ3) is 1.46. The van der Waals surface area contributed by atoms with Gasteiger partial charge in [-0.1, -0.05) is 0 Å². The van der Waals surface area contributed by atoms with Crippen molar-refractivity contribution in [3.8, 4) is 0 Å². The van der Waals surface area contributed by atoms with Gasteiger partial charge in [0, 0.05) is 13.0 Å². The molecule has 0 aromatic rings. The standard InChI is InChI=1S/C10H16N2O3/c11-9(1-2-9)8(13)12-4-3-10(7-12)14-5-6-15-10/h1-7,11H2. The van der Waals surface area contributed by atoms with E-state index in [-0.39, 0.29) is 5.91 Å². The second kappa shape index (κ2) is 2.93. The van der Waals surface area contributed by atoms with Gasteiger partial charge in [-0.05, 0) is 12.8 Å². The van der Waals surface area contributed by atoms with Crippen LogP contribution in [-0.2, 0) is 14.3 Å². The molecular weight excluding hydrogens is 196 g/mol. The van der Waals surface area contributed by atoms with Crippen molar-refractivity contribution < 1.29 is 14.3 Å². The first-order chi connectivity index (χ1) is 7.14. The fourth-order valence-electron chi connectivity index (χ4n) is 2.32. The van der Waals surface area contributed by atoms with Gasteiger partial charge >= 0.3 is 0 Å². The molecule has 3 aliphatic rings. The first-order valence-corrected chi connectivity index (χ1v) is 5.50. The number of ether oxygens (including phenoxy) is 2. The molecule has 1 spiro atoms. The van der Waals surface area contributed by atoms with Crippen molar-refractivity contribution in [3.63, 3.8) is 0 Å². The molecule has 1 saturated carbocycles. The number of carbonyl (C=O) groups is 1. The van der Waals surface area contributed by atoms with Crippen LogP contribution in [-0.4, -0.2) is 48.4 Å². The van der Waals surface area contributed by atoms with Crippen LogP contribution in [0.25, 0.3) is 0 Å². The van der Waals surface area contributed by atoms with Crippen molar-refractivity contribution in [3.05, 3.63) is 0 Å². The zero-order chi connectivity index (χ0) is 10.5. The fourth-order valence-corrected chi connectivity index (χ4v) is 2.32. The van der Waals surface area contributed by atoms with Gasteiger partial charge in [-0.25, -0.2) is 0 Å². The van der Waals surface area contributed by atoms with E-state index >= 15 is 0 Å². The van der Waals surface area contributed by atoms with Crippen LogP contribution in [0.3, 0.4) is 0 Å². The molecule has 2 N–H and O–H groups in total. The van der Waals surface area contributed by atoms with E-state index in [1.165, 1.54) is 0 Å². The summed E-state index contributed by atoms with van der Waals surface area (Å²) in [4.78, 5) is 13.7. The Balaban J connectivity index is 1.68. The summed E-state index contributed by atoms with van der Waals surface area (Å²) in [7, 11) is 0. The minimum atomic E-state index is -0.565. The van der Waals surface area contributed by atoms with Crippen molar-refractivity contribution in [2.75, 3.05) is 26.3 Å². The van der Waals surface area contributed by atoms with E-state index in [2.05, 4.69) is 0 Å². The molecule has 1 aliphatic carbocycles. The van der Waals surface area contributed by atoms with Crippen LogP contribution in [0, 0.1) is 0 Å². The van der Waals surface area contributed by atoms with Gasteiger partial charge in [0.2, 0.25) is 5.91 Å². The summed E-state index contributed by atoms with van der Waals surface area (Å²) in [5.41, 5.74) is 5.32. The average Bonchev–Trinajstić information content (AvgIpc) is 2.71. The number of hydrogen-bond acceptors (Lipinski definition) is 4. The minimum Gasteiger partial charge on any atom is -0.346 e. The Morgan fingerprint density at radius 3 is 2.47 bits per heavy atom. The van der Waals surface area contributed by atoms with Gasteiger partial charge < -0.3 is 20.1 Å². The lowest BCUT2D eigenvalue weighted by Gasteiger charge is -2.24. The van der Waals surface area contributed by atoms with E-state index in [1.807, 2.05) is 0 Å². The summed E-state index contributed by atoms with van der Waals surface area (Å²) < 4.78 is 11.1. The molecule has 15 heavy (non-hydrogen) atoms. The number of likely N-dealkylation sites (tertiary alicyclic amines) is 1. The van der Waals surface area contributed by atoms with Crippen LogP contribution in [0.2, 0.25) is 0 Å². The SMILES string of the molecule is NC1(C(=O)N2CCC3(C2)OCCO3)CC1. The lowest BCUT2D eigenvalue weighted by Crippen LogP contribution is -2.46. The summed E-state index contributed by atoms with van der Waals surface area (Å²) in [5, 5.41) is 0. The molecule has 0 aromatic heterocycles. The average molecular weight is 212 g/mol. The Hall–Kier alpha value is -0.650. The predicted molar refractivity (Wildman–Crippen MR) is 52.0 cm³/mol. The molecule has 0 unspecified atom stereocenters. The maximum atomic E-state index is 12.0. The Labute approximate surface area is 88.5 Å². The first-order valence-electron chi connectivity index (χ1n) is 5.50. The second-order valence-electron chi connectivity index (χ2n) is 4.74. The molecule has 3 fully saturated rings. The Morgan fingerprint density at radius 2 is 1.87 bits per heavy atom. The summed E-state index contributed by atoms with van der Waals surface area (Å²) in [6.45, 7) is 2.52. The first kappa shape index (κ1) is 9.57. The number of amides is 1. The van der Waals surface area contributed by atoms with E-state index in [0.717, 1.165) is 19.3 Å². The van der Waals surface area contributed by atoms with Gasteiger partial charge in [0.15, 0.2) is 5.79 Å². The molecule has 0 aromatic carbocycles. The third-order valence-corrected chi connectivity index (χ3v) is 3.51. The number of nitrogens with zero attached hydrogens (tertiary/aromatic N) is 1. The van der Waals surface area contributed by atoms with Crippen molar-refractivity contribution in [2.24, 2.45) is 5.73 Å². The highest BCUT2D eigenvalue weighted by atomic mass is 16.7. The molecule has 2 aliphatic heterocycles.